The molecule has 1 aromatic rings. The van der Waals surface area contributed by atoms with Crippen LogP contribution < -0.4 is 10.6 Å². The highest BCUT2D eigenvalue weighted by molar-refractivity contribution is 5.94. The highest BCUT2D eigenvalue weighted by Gasteiger charge is 2.23. The molecule has 6 heteroatoms. The number of nitrogens with one attached hydrogen (secondary N) is 2. The predicted octanol–water partition coefficient (Wildman–Crippen LogP) is 1.03. The van der Waals surface area contributed by atoms with Crippen molar-refractivity contribution in [2.24, 2.45) is 5.92 Å². The normalized spacial score (nSPS) is 19.4. The van der Waals surface area contributed by atoms with Gasteiger partial charge in [-0.05, 0) is 25.0 Å². The fourth-order valence-electron chi connectivity index (χ4n) is 2.10. The maximum atomic E-state index is 11.8. The summed E-state index contributed by atoms with van der Waals surface area (Å²) < 4.78 is 0. The zero-order chi connectivity index (χ0) is 13.7. The average molecular weight is 263 g/mol. The van der Waals surface area contributed by atoms with E-state index in [2.05, 4.69) is 15.6 Å². The number of pyridine rings is 1. The van der Waals surface area contributed by atoms with E-state index in [0.717, 1.165) is 12.8 Å². The van der Waals surface area contributed by atoms with Crippen LogP contribution in [0.1, 0.15) is 25.7 Å². The third-order valence-electron chi connectivity index (χ3n) is 3.13. The molecule has 0 saturated carbocycles. The highest BCUT2D eigenvalue weighted by Crippen LogP contribution is 2.20. The largest absolute Gasteiger partial charge is 0.504 e. The molecule has 1 aromatic heterocycles. The quantitative estimate of drug-likeness (QED) is 0.759. The molecular weight excluding hydrogens is 246 g/mol. The van der Waals surface area contributed by atoms with E-state index in [4.69, 9.17) is 0 Å². The SMILES string of the molecule is O=C(CC1CCCCNC1=O)Nc1ncccc1O. The Hall–Kier alpha value is -2.11. The number of rotatable bonds is 3. The maximum Gasteiger partial charge on any atom is 0.226 e. The van der Waals surface area contributed by atoms with E-state index in [1.807, 2.05) is 0 Å². The van der Waals surface area contributed by atoms with Crippen LogP contribution in [0.4, 0.5) is 5.82 Å². The summed E-state index contributed by atoms with van der Waals surface area (Å²) in [7, 11) is 0. The number of hydrogen-bond acceptors (Lipinski definition) is 4. The zero-order valence-electron chi connectivity index (χ0n) is 10.6. The number of anilines is 1. The van der Waals surface area contributed by atoms with Gasteiger partial charge in [-0.15, -0.1) is 0 Å². The Labute approximate surface area is 111 Å². The van der Waals surface area contributed by atoms with Crippen molar-refractivity contribution in [3.05, 3.63) is 18.3 Å². The molecule has 1 aliphatic heterocycles. The van der Waals surface area contributed by atoms with Crippen molar-refractivity contribution in [2.45, 2.75) is 25.7 Å². The van der Waals surface area contributed by atoms with Crippen molar-refractivity contribution in [3.63, 3.8) is 0 Å². The van der Waals surface area contributed by atoms with Gasteiger partial charge in [0.15, 0.2) is 11.6 Å². The molecule has 1 aliphatic rings. The predicted molar refractivity (Wildman–Crippen MR) is 69.5 cm³/mol. The van der Waals surface area contributed by atoms with Gasteiger partial charge >= 0.3 is 0 Å². The minimum absolute atomic E-state index is 0.0714. The Morgan fingerprint density at radius 3 is 3.16 bits per heavy atom. The average Bonchev–Trinajstić information content (AvgIpc) is 2.58. The zero-order valence-corrected chi connectivity index (χ0v) is 10.6. The van der Waals surface area contributed by atoms with Crippen LogP contribution in [-0.2, 0) is 9.59 Å². The second-order valence-corrected chi connectivity index (χ2v) is 4.61. The van der Waals surface area contributed by atoms with Crippen molar-refractivity contribution in [2.75, 3.05) is 11.9 Å². The highest BCUT2D eigenvalue weighted by atomic mass is 16.3. The summed E-state index contributed by atoms with van der Waals surface area (Å²) in [6.07, 6.45) is 4.19. The Kier molecular flexibility index (Phi) is 4.33. The van der Waals surface area contributed by atoms with E-state index < -0.39 is 0 Å². The number of amides is 2. The first-order valence-corrected chi connectivity index (χ1v) is 6.38. The van der Waals surface area contributed by atoms with Crippen LogP contribution in [0.25, 0.3) is 0 Å². The molecular formula is C13H17N3O3. The van der Waals surface area contributed by atoms with Crippen molar-refractivity contribution >= 4 is 17.6 Å². The van der Waals surface area contributed by atoms with Crippen LogP contribution in [0.2, 0.25) is 0 Å². The molecule has 0 radical (unpaired) electrons. The number of carbonyl (C=O) groups is 2. The van der Waals surface area contributed by atoms with E-state index in [1.165, 1.54) is 12.3 Å². The van der Waals surface area contributed by atoms with Crippen LogP contribution in [0.3, 0.4) is 0 Å². The van der Waals surface area contributed by atoms with Crippen molar-refractivity contribution in [1.82, 2.24) is 10.3 Å². The lowest BCUT2D eigenvalue weighted by Gasteiger charge is -2.12. The minimum atomic E-state index is -0.309. The van der Waals surface area contributed by atoms with Crippen LogP contribution in [0, 0.1) is 5.92 Å². The second-order valence-electron chi connectivity index (χ2n) is 4.61. The lowest BCUT2D eigenvalue weighted by molar-refractivity contribution is -0.128. The lowest BCUT2D eigenvalue weighted by Crippen LogP contribution is -2.31. The Morgan fingerprint density at radius 1 is 1.53 bits per heavy atom. The molecule has 19 heavy (non-hydrogen) atoms. The number of carbonyl (C=O) groups excluding carboxylic acids is 2. The van der Waals surface area contributed by atoms with Gasteiger partial charge in [-0.3, -0.25) is 9.59 Å². The summed E-state index contributed by atoms with van der Waals surface area (Å²) in [4.78, 5) is 27.4. The molecule has 0 spiro atoms. The third-order valence-corrected chi connectivity index (χ3v) is 3.13. The molecule has 1 unspecified atom stereocenters. The molecule has 6 nitrogen and oxygen atoms in total. The van der Waals surface area contributed by atoms with Crippen LogP contribution >= 0.6 is 0 Å². The van der Waals surface area contributed by atoms with Gasteiger partial charge < -0.3 is 15.7 Å². The molecule has 0 aromatic carbocycles. The first-order valence-electron chi connectivity index (χ1n) is 6.38. The topological polar surface area (TPSA) is 91.3 Å². The summed E-state index contributed by atoms with van der Waals surface area (Å²) in [5.74, 6) is -0.634. The summed E-state index contributed by atoms with van der Waals surface area (Å²) in [6.45, 7) is 0.679. The summed E-state index contributed by atoms with van der Waals surface area (Å²) >= 11 is 0. The maximum absolute atomic E-state index is 11.8. The molecule has 2 amide bonds. The van der Waals surface area contributed by atoms with Crippen molar-refractivity contribution in [3.8, 4) is 5.75 Å². The first-order chi connectivity index (χ1) is 9.16. The van der Waals surface area contributed by atoms with Crippen LogP contribution in [-0.4, -0.2) is 28.4 Å². The summed E-state index contributed by atoms with van der Waals surface area (Å²) in [6, 6.07) is 3.02. The van der Waals surface area contributed by atoms with Gasteiger partial charge in [0.2, 0.25) is 11.8 Å². The van der Waals surface area contributed by atoms with Crippen molar-refractivity contribution < 1.29 is 14.7 Å². The lowest BCUT2D eigenvalue weighted by atomic mass is 9.98. The molecule has 2 rings (SSSR count). The molecule has 102 valence electrons. The van der Waals surface area contributed by atoms with Crippen LogP contribution in [0.5, 0.6) is 5.75 Å². The number of aromatic nitrogens is 1. The fourth-order valence-corrected chi connectivity index (χ4v) is 2.10. The molecule has 1 saturated heterocycles. The fraction of sp³-hybridized carbons (Fsp3) is 0.462. The first kappa shape index (κ1) is 13.3. The van der Waals surface area contributed by atoms with E-state index in [1.54, 1.807) is 6.07 Å². The summed E-state index contributed by atoms with van der Waals surface area (Å²) in [5.41, 5.74) is 0. The van der Waals surface area contributed by atoms with E-state index >= 15 is 0 Å². The summed E-state index contributed by atoms with van der Waals surface area (Å²) in [5, 5.41) is 14.8. The Balaban J connectivity index is 1.93. The third kappa shape index (κ3) is 3.67. The van der Waals surface area contributed by atoms with Gasteiger partial charge in [0.25, 0.3) is 0 Å². The van der Waals surface area contributed by atoms with E-state index in [9.17, 15) is 14.7 Å². The smallest absolute Gasteiger partial charge is 0.226 e. The molecule has 0 bridgehead atoms. The monoisotopic (exact) mass is 263 g/mol. The van der Waals surface area contributed by atoms with Gasteiger partial charge in [0.05, 0.1) is 0 Å². The van der Waals surface area contributed by atoms with Crippen molar-refractivity contribution in [1.29, 1.82) is 0 Å². The molecule has 2 heterocycles. The molecule has 0 aliphatic carbocycles. The van der Waals surface area contributed by atoms with E-state index in [0.29, 0.717) is 13.0 Å². The van der Waals surface area contributed by atoms with Crippen LogP contribution in [0.15, 0.2) is 18.3 Å². The van der Waals surface area contributed by atoms with Gasteiger partial charge in [-0.1, -0.05) is 6.42 Å². The number of aromatic hydroxyl groups is 1. The number of nitrogens with zero attached hydrogens (tertiary/aromatic N) is 1. The van der Waals surface area contributed by atoms with Gasteiger partial charge in [0, 0.05) is 25.1 Å². The minimum Gasteiger partial charge on any atom is -0.504 e. The molecule has 3 N–H and O–H groups in total. The standard InChI is InChI=1S/C13H17N3O3/c17-10-5-3-7-14-12(10)16-11(18)8-9-4-1-2-6-15-13(9)19/h3,5,7,9,17H,1-2,4,6,8H2,(H,15,19)(H,14,16,18). The van der Waals surface area contributed by atoms with Gasteiger partial charge in [-0.25, -0.2) is 4.98 Å². The molecule has 1 atom stereocenters. The Morgan fingerprint density at radius 2 is 2.37 bits per heavy atom. The van der Waals surface area contributed by atoms with Gasteiger partial charge in [0.1, 0.15) is 0 Å². The number of hydrogen-bond donors (Lipinski definition) is 3. The van der Waals surface area contributed by atoms with E-state index in [-0.39, 0.29) is 35.7 Å². The molecule has 1 fully saturated rings. The van der Waals surface area contributed by atoms with Gasteiger partial charge in [-0.2, -0.15) is 0 Å². The second kappa shape index (κ2) is 6.17. The Bertz CT molecular complexity index is 476.